The van der Waals surface area contributed by atoms with E-state index in [0.29, 0.717) is 5.56 Å². The lowest BCUT2D eigenvalue weighted by Crippen LogP contribution is -2.55. The molecule has 0 radical (unpaired) electrons. The van der Waals surface area contributed by atoms with E-state index in [1.54, 1.807) is 42.5 Å². The number of benzene rings is 2. The van der Waals surface area contributed by atoms with E-state index >= 15 is 0 Å². The van der Waals surface area contributed by atoms with Crippen molar-refractivity contribution in [3.63, 3.8) is 0 Å². The number of nitrogens with two attached hydrogens (primary N) is 1. The summed E-state index contributed by atoms with van der Waals surface area (Å²) in [7, 11) is 0. The summed E-state index contributed by atoms with van der Waals surface area (Å²) < 4.78 is 0. The van der Waals surface area contributed by atoms with Crippen LogP contribution in [-0.4, -0.2) is 77.0 Å². The Morgan fingerprint density at radius 3 is 1.98 bits per heavy atom. The van der Waals surface area contributed by atoms with Gasteiger partial charge in [-0.1, -0.05) is 42.5 Å². The Labute approximate surface area is 259 Å². The third-order valence-corrected chi connectivity index (χ3v) is 7.12. The number of amides is 6. The van der Waals surface area contributed by atoms with E-state index in [9.17, 15) is 38.7 Å². The fourth-order valence-corrected chi connectivity index (χ4v) is 4.56. The van der Waals surface area contributed by atoms with Gasteiger partial charge in [-0.05, 0) is 36.6 Å². The van der Waals surface area contributed by atoms with E-state index in [1.807, 2.05) is 0 Å². The van der Waals surface area contributed by atoms with Crippen LogP contribution >= 0.6 is 0 Å². The van der Waals surface area contributed by atoms with Crippen LogP contribution < -0.4 is 32.3 Å². The smallest absolute Gasteiger partial charge is 0.243 e. The second kappa shape index (κ2) is 16.5. The zero-order chi connectivity index (χ0) is 32.9. The molecule has 1 fully saturated rings. The van der Waals surface area contributed by atoms with E-state index in [0.717, 1.165) is 5.56 Å². The molecular weight excluding hydrogens is 584 g/mol. The van der Waals surface area contributed by atoms with Gasteiger partial charge in [0.25, 0.3) is 0 Å². The highest BCUT2D eigenvalue weighted by molar-refractivity contribution is 5.95. The van der Waals surface area contributed by atoms with Gasteiger partial charge in [0.2, 0.25) is 35.4 Å². The van der Waals surface area contributed by atoms with Crippen LogP contribution in [0.5, 0.6) is 5.75 Å². The third-order valence-electron chi connectivity index (χ3n) is 7.12. The third kappa shape index (κ3) is 11.4. The van der Waals surface area contributed by atoms with Crippen molar-refractivity contribution >= 4 is 41.2 Å². The average molecular weight is 623 g/mol. The van der Waals surface area contributed by atoms with Crippen LogP contribution in [0.3, 0.4) is 0 Å². The summed E-state index contributed by atoms with van der Waals surface area (Å²) in [6, 6.07) is 10.2. The number of hydrogen-bond donors (Lipinski definition) is 7. The predicted molar refractivity (Wildman–Crippen MR) is 161 cm³/mol. The molecule has 14 heteroatoms. The van der Waals surface area contributed by atoms with Gasteiger partial charge in [0, 0.05) is 32.1 Å². The normalized spacial score (nSPS) is 23.0. The lowest BCUT2D eigenvalue weighted by Gasteiger charge is -2.23. The monoisotopic (exact) mass is 622 g/mol. The minimum Gasteiger partial charge on any atom is -0.508 e. The molecule has 0 spiro atoms. The lowest BCUT2D eigenvalue weighted by molar-refractivity contribution is -0.133. The summed E-state index contributed by atoms with van der Waals surface area (Å²) in [4.78, 5) is 89.4. The minimum atomic E-state index is -1.26. The molecule has 0 bridgehead atoms. The summed E-state index contributed by atoms with van der Waals surface area (Å²) in [5, 5.41) is 22.2. The van der Waals surface area contributed by atoms with Crippen molar-refractivity contribution in [3.05, 3.63) is 65.7 Å². The van der Waals surface area contributed by atoms with Crippen LogP contribution in [0.15, 0.2) is 54.6 Å². The molecule has 4 atom stereocenters. The second-order valence-electron chi connectivity index (χ2n) is 10.8. The van der Waals surface area contributed by atoms with Crippen molar-refractivity contribution in [2.24, 2.45) is 5.73 Å². The molecule has 14 nitrogen and oxygen atoms in total. The predicted octanol–water partition coefficient (Wildman–Crippen LogP) is -1.12. The number of phenols is 1. The van der Waals surface area contributed by atoms with Crippen molar-refractivity contribution in [2.75, 3.05) is 6.54 Å². The molecule has 8 N–H and O–H groups in total. The number of carbonyl (C=O) groups excluding carboxylic acids is 7. The Hall–Kier alpha value is -5.27. The second-order valence-corrected chi connectivity index (χ2v) is 10.8. The van der Waals surface area contributed by atoms with Gasteiger partial charge in [-0.2, -0.15) is 0 Å². The number of phenolic OH excluding ortho intramolecular Hbond substituents is 1. The number of rotatable bonds is 5. The average Bonchev–Trinajstić information content (AvgIpc) is 3.00. The quantitative estimate of drug-likeness (QED) is 0.216. The molecular formula is C31H38N6O8. The van der Waals surface area contributed by atoms with Gasteiger partial charge in [0.15, 0.2) is 5.78 Å². The highest BCUT2D eigenvalue weighted by Gasteiger charge is 2.29. The Kier molecular flexibility index (Phi) is 12.6. The summed E-state index contributed by atoms with van der Waals surface area (Å²) in [6.07, 6.45) is -0.901. The Bertz CT molecular complexity index is 1400. The maximum Gasteiger partial charge on any atom is 0.243 e. The van der Waals surface area contributed by atoms with Crippen molar-refractivity contribution in [1.82, 2.24) is 26.6 Å². The summed E-state index contributed by atoms with van der Waals surface area (Å²) in [5.41, 5.74) is 6.81. The Morgan fingerprint density at radius 2 is 1.33 bits per heavy atom. The number of hydrogen-bond acceptors (Lipinski definition) is 8. The Morgan fingerprint density at radius 1 is 0.733 bits per heavy atom. The highest BCUT2D eigenvalue weighted by atomic mass is 16.3. The minimum absolute atomic E-state index is 0.0118. The number of Topliss-reactive ketones (excluding diaryl/α,β-unsaturated/α-hetero) is 1. The number of primary amides is 1. The first-order chi connectivity index (χ1) is 21.4. The molecule has 1 aliphatic rings. The van der Waals surface area contributed by atoms with Crippen molar-refractivity contribution < 1.29 is 38.7 Å². The molecule has 0 unspecified atom stereocenters. The van der Waals surface area contributed by atoms with Crippen LogP contribution in [0, 0.1) is 0 Å². The molecule has 3 rings (SSSR count). The standard InChI is InChI=1S/C31H38N6O8/c1-18-29(43)37-24(16-20-7-9-21(38)10-8-20)30(44)33-17-22(39)11-13-27(41)35-25(15-19-5-3-2-4-6-19)31(45)36-23(28(32)42)12-14-26(40)34-18/h2-10,18,23-25,38H,11-17H2,1H3,(H2,32,42)(H,33,44)(H,34,40)(H,35,41)(H,36,45)(H,37,43)/t18-,23-,24+,25+/m0/s1. The highest BCUT2D eigenvalue weighted by Crippen LogP contribution is 2.12. The van der Waals surface area contributed by atoms with E-state index in [-0.39, 0.29) is 44.3 Å². The van der Waals surface area contributed by atoms with Crippen LogP contribution in [0.4, 0.5) is 0 Å². The van der Waals surface area contributed by atoms with Crippen molar-refractivity contribution in [3.8, 4) is 5.75 Å². The summed E-state index contributed by atoms with van der Waals surface area (Å²) >= 11 is 0. The van der Waals surface area contributed by atoms with Crippen LogP contribution in [0.2, 0.25) is 0 Å². The van der Waals surface area contributed by atoms with Gasteiger partial charge >= 0.3 is 0 Å². The zero-order valence-corrected chi connectivity index (χ0v) is 24.8. The van der Waals surface area contributed by atoms with E-state index in [2.05, 4.69) is 26.6 Å². The Balaban J connectivity index is 1.81. The van der Waals surface area contributed by atoms with Crippen LogP contribution in [0.1, 0.15) is 43.7 Å². The zero-order valence-electron chi connectivity index (χ0n) is 24.8. The first-order valence-electron chi connectivity index (χ1n) is 14.5. The fourth-order valence-electron chi connectivity index (χ4n) is 4.56. The maximum absolute atomic E-state index is 13.2. The molecule has 45 heavy (non-hydrogen) atoms. The number of carbonyl (C=O) groups is 7. The molecule has 0 saturated carbocycles. The van der Waals surface area contributed by atoms with E-state index in [4.69, 9.17) is 5.73 Å². The molecule has 2 aromatic rings. The van der Waals surface area contributed by atoms with Crippen molar-refractivity contribution in [1.29, 1.82) is 0 Å². The number of nitrogens with one attached hydrogen (secondary N) is 5. The SMILES string of the molecule is C[C@@H]1NC(=O)CC[C@@H](C(N)=O)NC(=O)[C@@H](Cc2ccccc2)NC(=O)CCC(=O)CNC(=O)[C@@H](Cc2ccc(O)cc2)NC1=O. The largest absolute Gasteiger partial charge is 0.508 e. The summed E-state index contributed by atoms with van der Waals surface area (Å²) in [6.45, 7) is 0.983. The van der Waals surface area contributed by atoms with Crippen molar-refractivity contribution in [2.45, 2.75) is 69.6 Å². The molecule has 0 aromatic heterocycles. The van der Waals surface area contributed by atoms with Gasteiger partial charge in [-0.3, -0.25) is 33.6 Å². The lowest BCUT2D eigenvalue weighted by atomic mass is 10.0. The molecule has 1 saturated heterocycles. The number of aromatic hydroxyl groups is 1. The molecule has 0 aliphatic carbocycles. The van der Waals surface area contributed by atoms with E-state index in [1.165, 1.54) is 19.1 Å². The van der Waals surface area contributed by atoms with Crippen LogP contribution in [0.25, 0.3) is 0 Å². The van der Waals surface area contributed by atoms with Gasteiger partial charge in [0.1, 0.15) is 29.9 Å². The van der Waals surface area contributed by atoms with Crippen LogP contribution in [-0.2, 0) is 46.4 Å². The topological polar surface area (TPSA) is 226 Å². The summed E-state index contributed by atoms with van der Waals surface area (Å²) in [5.74, 6) is -4.66. The first kappa shape index (κ1) is 34.2. The van der Waals surface area contributed by atoms with Gasteiger partial charge in [-0.15, -0.1) is 0 Å². The number of ketones is 1. The molecule has 1 aliphatic heterocycles. The van der Waals surface area contributed by atoms with Gasteiger partial charge in [-0.25, -0.2) is 0 Å². The molecule has 240 valence electrons. The van der Waals surface area contributed by atoms with E-state index < -0.39 is 71.9 Å². The first-order valence-corrected chi connectivity index (χ1v) is 14.5. The molecule has 2 aromatic carbocycles. The van der Waals surface area contributed by atoms with Gasteiger partial charge < -0.3 is 37.4 Å². The molecule has 6 amide bonds. The maximum atomic E-state index is 13.2. The molecule has 1 heterocycles. The fraction of sp³-hybridized carbons (Fsp3) is 0.387. The van der Waals surface area contributed by atoms with Gasteiger partial charge in [0.05, 0.1) is 6.54 Å².